The number of hydrogen-bond donors (Lipinski definition) is 1. The molecule has 3 rings (SSSR count). The Morgan fingerprint density at radius 3 is 3.00 bits per heavy atom. The van der Waals surface area contributed by atoms with Crippen LogP contribution in [0.4, 0.5) is 0 Å². The van der Waals surface area contributed by atoms with Gasteiger partial charge in [-0.2, -0.15) is 0 Å². The van der Waals surface area contributed by atoms with E-state index < -0.39 is 6.10 Å². The van der Waals surface area contributed by atoms with Crippen LogP contribution in [0.25, 0.3) is 10.9 Å². The second-order valence-electron chi connectivity index (χ2n) is 4.67. The summed E-state index contributed by atoms with van der Waals surface area (Å²) >= 11 is 0. The molecule has 1 aromatic carbocycles. The lowest BCUT2D eigenvalue weighted by atomic mass is 10.1. The lowest BCUT2D eigenvalue weighted by molar-refractivity contribution is -0.128. The molecule has 1 aliphatic rings. The van der Waals surface area contributed by atoms with Crippen LogP contribution >= 0.6 is 0 Å². The highest BCUT2D eigenvalue weighted by Crippen LogP contribution is 2.17. The Kier molecular flexibility index (Phi) is 2.72. The van der Waals surface area contributed by atoms with Crippen LogP contribution in [0.1, 0.15) is 12.0 Å². The lowest BCUT2D eigenvalue weighted by Gasteiger charge is -2.15. The van der Waals surface area contributed by atoms with Crippen molar-refractivity contribution >= 4 is 16.8 Å². The number of amides is 1. The fourth-order valence-electron chi connectivity index (χ4n) is 2.33. The minimum absolute atomic E-state index is 0.00987. The molecule has 0 aliphatic carbocycles. The van der Waals surface area contributed by atoms with Gasteiger partial charge < -0.3 is 10.0 Å². The smallest absolute Gasteiger partial charge is 0.225 e. The van der Waals surface area contributed by atoms with E-state index in [0.717, 1.165) is 16.5 Å². The highest BCUT2D eigenvalue weighted by Gasteiger charge is 2.27. The van der Waals surface area contributed by atoms with Gasteiger partial charge in [0.05, 0.1) is 18.0 Å². The Morgan fingerprint density at radius 1 is 1.39 bits per heavy atom. The maximum Gasteiger partial charge on any atom is 0.225 e. The van der Waals surface area contributed by atoms with E-state index in [2.05, 4.69) is 4.98 Å². The molecule has 4 heteroatoms. The SMILES string of the molecule is O=C1CC(O)CN1Cc1cnc2ccccc2c1. The second-order valence-corrected chi connectivity index (χ2v) is 4.67. The molecule has 1 amide bonds. The zero-order valence-electron chi connectivity index (χ0n) is 9.91. The van der Waals surface area contributed by atoms with E-state index in [-0.39, 0.29) is 12.3 Å². The summed E-state index contributed by atoms with van der Waals surface area (Å²) in [5.74, 6) is 0.00987. The highest BCUT2D eigenvalue weighted by atomic mass is 16.3. The van der Waals surface area contributed by atoms with Gasteiger partial charge in [0.25, 0.3) is 0 Å². The van der Waals surface area contributed by atoms with Gasteiger partial charge in [0.15, 0.2) is 0 Å². The number of aliphatic hydroxyl groups excluding tert-OH is 1. The molecule has 1 N–H and O–H groups in total. The normalized spacial score (nSPS) is 19.7. The van der Waals surface area contributed by atoms with Gasteiger partial charge in [0, 0.05) is 24.7 Å². The first-order valence-electron chi connectivity index (χ1n) is 6.02. The number of nitrogens with zero attached hydrogens (tertiary/aromatic N) is 2. The number of benzene rings is 1. The maximum absolute atomic E-state index is 11.6. The van der Waals surface area contributed by atoms with E-state index >= 15 is 0 Å². The first kappa shape index (κ1) is 11.2. The number of aromatic nitrogens is 1. The average Bonchev–Trinajstić information content (AvgIpc) is 2.68. The summed E-state index contributed by atoms with van der Waals surface area (Å²) in [5, 5.41) is 10.5. The number of rotatable bonds is 2. The zero-order chi connectivity index (χ0) is 12.5. The van der Waals surface area contributed by atoms with Crippen molar-refractivity contribution in [1.82, 2.24) is 9.88 Å². The van der Waals surface area contributed by atoms with Crippen molar-refractivity contribution in [3.8, 4) is 0 Å². The van der Waals surface area contributed by atoms with Crippen molar-refractivity contribution in [2.75, 3.05) is 6.54 Å². The monoisotopic (exact) mass is 242 g/mol. The number of fused-ring (bicyclic) bond motifs is 1. The predicted octanol–water partition coefficient (Wildman–Crippen LogP) is 1.33. The van der Waals surface area contributed by atoms with Crippen molar-refractivity contribution in [2.24, 2.45) is 0 Å². The summed E-state index contributed by atoms with van der Waals surface area (Å²) in [6.45, 7) is 0.944. The molecule has 92 valence electrons. The van der Waals surface area contributed by atoms with Crippen molar-refractivity contribution in [2.45, 2.75) is 19.1 Å². The van der Waals surface area contributed by atoms with Gasteiger partial charge in [0.2, 0.25) is 5.91 Å². The van der Waals surface area contributed by atoms with Crippen LogP contribution in [0.5, 0.6) is 0 Å². The third-order valence-corrected chi connectivity index (χ3v) is 3.21. The molecule has 1 saturated heterocycles. The molecule has 2 heterocycles. The minimum atomic E-state index is -0.522. The minimum Gasteiger partial charge on any atom is -0.391 e. The quantitative estimate of drug-likeness (QED) is 0.864. The Morgan fingerprint density at radius 2 is 2.22 bits per heavy atom. The fraction of sp³-hybridized carbons (Fsp3) is 0.286. The zero-order valence-corrected chi connectivity index (χ0v) is 9.91. The molecule has 2 aromatic rings. The number of hydrogen-bond acceptors (Lipinski definition) is 3. The molecule has 1 aliphatic heterocycles. The number of pyridine rings is 1. The first-order chi connectivity index (χ1) is 8.72. The van der Waals surface area contributed by atoms with Crippen LogP contribution in [0.15, 0.2) is 36.5 Å². The number of β-amino-alcohol motifs (C(OH)–C–C–N with tert-alkyl or cyclic N) is 1. The van der Waals surface area contributed by atoms with Crippen molar-refractivity contribution in [3.63, 3.8) is 0 Å². The maximum atomic E-state index is 11.6. The van der Waals surface area contributed by atoms with Gasteiger partial charge in [-0.1, -0.05) is 18.2 Å². The molecular formula is C14H14N2O2. The van der Waals surface area contributed by atoms with Crippen LogP contribution in [0, 0.1) is 0 Å². The Labute approximate surface area is 105 Å². The van der Waals surface area contributed by atoms with Crippen LogP contribution in [-0.4, -0.2) is 33.5 Å². The van der Waals surface area contributed by atoms with Gasteiger partial charge >= 0.3 is 0 Å². The fourth-order valence-corrected chi connectivity index (χ4v) is 2.33. The molecule has 4 nitrogen and oxygen atoms in total. The summed E-state index contributed by atoms with van der Waals surface area (Å²) in [4.78, 5) is 17.6. The average molecular weight is 242 g/mol. The van der Waals surface area contributed by atoms with E-state index in [1.165, 1.54) is 0 Å². The molecular weight excluding hydrogens is 228 g/mol. The molecule has 1 aromatic heterocycles. The summed E-state index contributed by atoms with van der Waals surface area (Å²) in [6, 6.07) is 9.94. The third kappa shape index (κ3) is 2.07. The predicted molar refractivity (Wildman–Crippen MR) is 67.8 cm³/mol. The molecule has 0 radical (unpaired) electrons. The Bertz CT molecular complexity index is 597. The molecule has 18 heavy (non-hydrogen) atoms. The summed E-state index contributed by atoms with van der Waals surface area (Å²) in [5.41, 5.74) is 1.95. The van der Waals surface area contributed by atoms with E-state index in [1.807, 2.05) is 30.3 Å². The van der Waals surface area contributed by atoms with Crippen LogP contribution < -0.4 is 0 Å². The lowest BCUT2D eigenvalue weighted by Crippen LogP contribution is -2.25. The molecule has 0 saturated carbocycles. The van der Waals surface area contributed by atoms with Crippen molar-refractivity contribution in [1.29, 1.82) is 0 Å². The number of carbonyl (C=O) groups excluding carboxylic acids is 1. The van der Waals surface area contributed by atoms with Gasteiger partial charge in [-0.25, -0.2) is 0 Å². The first-order valence-corrected chi connectivity index (χ1v) is 6.02. The topological polar surface area (TPSA) is 53.4 Å². The number of likely N-dealkylation sites (tertiary alicyclic amines) is 1. The highest BCUT2D eigenvalue weighted by molar-refractivity contribution is 5.80. The standard InChI is InChI=1S/C14H14N2O2/c17-12-6-14(18)16(9-12)8-10-5-11-3-1-2-4-13(11)15-7-10/h1-5,7,12,17H,6,8-9H2. The van der Waals surface area contributed by atoms with Crippen LogP contribution in [0.3, 0.4) is 0 Å². The van der Waals surface area contributed by atoms with Gasteiger partial charge in [0.1, 0.15) is 0 Å². The van der Waals surface area contributed by atoms with E-state index in [1.54, 1.807) is 11.1 Å². The summed E-state index contributed by atoms with van der Waals surface area (Å²) in [7, 11) is 0. The van der Waals surface area contributed by atoms with E-state index in [9.17, 15) is 9.90 Å². The summed E-state index contributed by atoms with van der Waals surface area (Å²) in [6.07, 6.45) is 1.51. The van der Waals surface area contributed by atoms with Crippen molar-refractivity contribution in [3.05, 3.63) is 42.1 Å². The largest absolute Gasteiger partial charge is 0.391 e. The van der Waals surface area contributed by atoms with Gasteiger partial charge in [-0.05, 0) is 17.7 Å². The molecule has 0 spiro atoms. The third-order valence-electron chi connectivity index (χ3n) is 3.21. The Hall–Kier alpha value is -1.94. The van der Waals surface area contributed by atoms with E-state index in [4.69, 9.17) is 0 Å². The number of para-hydroxylation sites is 1. The van der Waals surface area contributed by atoms with Gasteiger partial charge in [-0.3, -0.25) is 9.78 Å². The van der Waals surface area contributed by atoms with E-state index in [0.29, 0.717) is 13.1 Å². The van der Waals surface area contributed by atoms with Gasteiger partial charge in [-0.15, -0.1) is 0 Å². The number of carbonyl (C=O) groups is 1. The molecule has 1 atom stereocenters. The van der Waals surface area contributed by atoms with Crippen molar-refractivity contribution < 1.29 is 9.90 Å². The Balaban J connectivity index is 1.84. The second kappa shape index (κ2) is 4.38. The molecule has 1 unspecified atom stereocenters. The summed E-state index contributed by atoms with van der Waals surface area (Å²) < 4.78 is 0. The van der Waals surface area contributed by atoms with Crippen LogP contribution in [0.2, 0.25) is 0 Å². The molecule has 1 fully saturated rings. The van der Waals surface area contributed by atoms with Crippen LogP contribution in [-0.2, 0) is 11.3 Å². The number of aliphatic hydroxyl groups is 1. The molecule has 0 bridgehead atoms.